The molecular weight excluding hydrogens is 382 g/mol. The van der Waals surface area contributed by atoms with E-state index in [1.807, 2.05) is 0 Å². The molecule has 2 aromatic carbocycles. The first-order chi connectivity index (χ1) is 13.3. The summed E-state index contributed by atoms with van der Waals surface area (Å²) < 4.78 is 5.06. The minimum Gasteiger partial charge on any atom is -0.497 e. The summed E-state index contributed by atoms with van der Waals surface area (Å²) in [5.74, 6) is -0.997. The van der Waals surface area contributed by atoms with E-state index in [-0.39, 0.29) is 5.92 Å². The van der Waals surface area contributed by atoms with Crippen molar-refractivity contribution >= 4 is 29.3 Å². The third kappa shape index (κ3) is 5.72. The molecule has 7 nitrogen and oxygen atoms in total. The molecule has 0 spiro atoms. The second kappa shape index (κ2) is 9.75. The molecule has 28 heavy (non-hydrogen) atoms. The van der Waals surface area contributed by atoms with Gasteiger partial charge in [-0.1, -0.05) is 25.4 Å². The Kier molecular flexibility index (Phi) is 7.40. The van der Waals surface area contributed by atoms with Crippen molar-refractivity contribution in [1.29, 1.82) is 0 Å². The van der Waals surface area contributed by atoms with E-state index < -0.39 is 23.8 Å². The first kappa shape index (κ1) is 21.2. The molecule has 0 aliphatic heterocycles. The fraction of sp³-hybridized carbons (Fsp3) is 0.250. The van der Waals surface area contributed by atoms with Crippen molar-refractivity contribution in [2.45, 2.75) is 19.9 Å². The van der Waals surface area contributed by atoms with Crippen molar-refractivity contribution in [2.24, 2.45) is 5.92 Å². The van der Waals surface area contributed by atoms with Crippen LogP contribution in [0.4, 0.5) is 0 Å². The zero-order chi connectivity index (χ0) is 20.7. The summed E-state index contributed by atoms with van der Waals surface area (Å²) >= 11 is 5.79. The van der Waals surface area contributed by atoms with Gasteiger partial charge in [-0.25, -0.2) is 0 Å². The van der Waals surface area contributed by atoms with Crippen LogP contribution >= 0.6 is 11.6 Å². The van der Waals surface area contributed by atoms with E-state index in [0.717, 1.165) is 0 Å². The van der Waals surface area contributed by atoms with Crippen LogP contribution < -0.4 is 20.9 Å². The number of ether oxygens (including phenoxy) is 1. The van der Waals surface area contributed by atoms with Gasteiger partial charge in [0.2, 0.25) is 0 Å². The van der Waals surface area contributed by atoms with Crippen LogP contribution in [0.3, 0.4) is 0 Å². The Morgan fingerprint density at radius 2 is 1.39 bits per heavy atom. The van der Waals surface area contributed by atoms with Crippen LogP contribution in [0.15, 0.2) is 48.5 Å². The number of hydrazine groups is 1. The lowest BCUT2D eigenvalue weighted by molar-refractivity contribution is -0.124. The number of nitrogens with one attached hydrogen (secondary N) is 3. The van der Waals surface area contributed by atoms with Crippen LogP contribution in [0.1, 0.15) is 34.6 Å². The molecule has 0 saturated heterocycles. The number of halogens is 1. The molecule has 3 N–H and O–H groups in total. The van der Waals surface area contributed by atoms with Gasteiger partial charge in [-0.15, -0.1) is 0 Å². The molecule has 0 heterocycles. The second-order valence-corrected chi connectivity index (χ2v) is 6.81. The average molecular weight is 404 g/mol. The summed E-state index contributed by atoms with van der Waals surface area (Å²) in [6.45, 7) is 3.58. The molecule has 1 atom stereocenters. The molecule has 3 amide bonds. The number of rotatable bonds is 6. The van der Waals surface area contributed by atoms with Crippen molar-refractivity contribution in [3.8, 4) is 5.75 Å². The van der Waals surface area contributed by atoms with Gasteiger partial charge >= 0.3 is 0 Å². The van der Waals surface area contributed by atoms with Crippen LogP contribution in [0.5, 0.6) is 5.75 Å². The topological polar surface area (TPSA) is 96.5 Å². The normalized spacial score (nSPS) is 11.5. The maximum Gasteiger partial charge on any atom is 0.269 e. The summed E-state index contributed by atoms with van der Waals surface area (Å²) in [4.78, 5) is 37.0. The second-order valence-electron chi connectivity index (χ2n) is 6.37. The minimum atomic E-state index is -0.833. The van der Waals surface area contributed by atoms with Crippen LogP contribution in [0.25, 0.3) is 0 Å². The van der Waals surface area contributed by atoms with Crippen molar-refractivity contribution in [3.63, 3.8) is 0 Å². The van der Waals surface area contributed by atoms with E-state index in [4.69, 9.17) is 16.3 Å². The van der Waals surface area contributed by atoms with E-state index in [1.165, 1.54) is 19.2 Å². The van der Waals surface area contributed by atoms with Gasteiger partial charge in [0.1, 0.15) is 11.8 Å². The number of amides is 3. The molecule has 0 bridgehead atoms. The highest BCUT2D eigenvalue weighted by atomic mass is 35.5. The third-order valence-electron chi connectivity index (χ3n) is 3.99. The zero-order valence-corrected chi connectivity index (χ0v) is 16.5. The molecular formula is C20H22ClN3O4. The average Bonchev–Trinajstić information content (AvgIpc) is 2.70. The SMILES string of the molecule is COc1ccc(C(=O)N[C@@H](C(=O)NNC(=O)c2ccc(Cl)cc2)C(C)C)cc1. The van der Waals surface area contributed by atoms with E-state index in [2.05, 4.69) is 16.2 Å². The third-order valence-corrected chi connectivity index (χ3v) is 4.25. The lowest BCUT2D eigenvalue weighted by atomic mass is 10.0. The molecule has 0 saturated carbocycles. The van der Waals surface area contributed by atoms with Crippen LogP contribution in [-0.2, 0) is 4.79 Å². The van der Waals surface area contributed by atoms with E-state index >= 15 is 0 Å². The predicted molar refractivity (Wildman–Crippen MR) is 106 cm³/mol. The Morgan fingerprint density at radius 3 is 1.93 bits per heavy atom. The Labute approximate surface area is 168 Å². The molecule has 2 aromatic rings. The van der Waals surface area contributed by atoms with Crippen molar-refractivity contribution in [3.05, 3.63) is 64.7 Å². The molecule has 0 aliphatic carbocycles. The van der Waals surface area contributed by atoms with Crippen molar-refractivity contribution in [2.75, 3.05) is 7.11 Å². The lowest BCUT2D eigenvalue weighted by Gasteiger charge is -2.22. The van der Waals surface area contributed by atoms with Crippen molar-refractivity contribution in [1.82, 2.24) is 16.2 Å². The minimum absolute atomic E-state index is 0.199. The largest absolute Gasteiger partial charge is 0.497 e. The number of carbonyl (C=O) groups excluding carboxylic acids is 3. The van der Waals surface area contributed by atoms with Gasteiger partial charge in [0.25, 0.3) is 17.7 Å². The maximum absolute atomic E-state index is 12.5. The van der Waals surface area contributed by atoms with E-state index in [9.17, 15) is 14.4 Å². The summed E-state index contributed by atoms with van der Waals surface area (Å²) in [6, 6.07) is 11.9. The highest BCUT2D eigenvalue weighted by Crippen LogP contribution is 2.12. The Balaban J connectivity index is 1.97. The number of benzene rings is 2. The standard InChI is InChI=1S/C20H22ClN3O4/c1-12(2)17(22-18(25)13-6-10-16(28-3)11-7-13)20(27)24-23-19(26)14-4-8-15(21)9-5-14/h4-12,17H,1-3H3,(H,22,25)(H,23,26)(H,24,27)/t17-/m1/s1. The van der Waals surface area contributed by atoms with Crippen LogP contribution in [0, 0.1) is 5.92 Å². The summed E-state index contributed by atoms with van der Waals surface area (Å²) in [5.41, 5.74) is 5.41. The van der Waals surface area contributed by atoms with Gasteiger partial charge < -0.3 is 10.1 Å². The number of carbonyl (C=O) groups is 3. The molecule has 0 unspecified atom stereocenters. The summed E-state index contributed by atoms with van der Waals surface area (Å²) in [5, 5.41) is 3.18. The zero-order valence-electron chi connectivity index (χ0n) is 15.8. The van der Waals surface area contributed by atoms with Gasteiger partial charge in [0, 0.05) is 16.1 Å². The smallest absolute Gasteiger partial charge is 0.269 e. The Bertz CT molecular complexity index is 836. The number of hydrogen-bond donors (Lipinski definition) is 3. The lowest BCUT2D eigenvalue weighted by Crippen LogP contribution is -2.54. The van der Waals surface area contributed by atoms with E-state index in [1.54, 1.807) is 50.2 Å². The fourth-order valence-electron chi connectivity index (χ4n) is 2.37. The fourth-order valence-corrected chi connectivity index (χ4v) is 2.50. The highest BCUT2D eigenvalue weighted by Gasteiger charge is 2.25. The summed E-state index contributed by atoms with van der Waals surface area (Å²) in [7, 11) is 1.53. The molecule has 0 aliphatic rings. The van der Waals surface area contributed by atoms with Gasteiger partial charge in [-0.05, 0) is 54.4 Å². The van der Waals surface area contributed by atoms with Gasteiger partial charge in [-0.2, -0.15) is 0 Å². The van der Waals surface area contributed by atoms with Gasteiger partial charge in [0.05, 0.1) is 7.11 Å². The van der Waals surface area contributed by atoms with Crippen LogP contribution in [0.2, 0.25) is 5.02 Å². The first-order valence-corrected chi connectivity index (χ1v) is 9.00. The monoisotopic (exact) mass is 403 g/mol. The molecule has 0 fully saturated rings. The Morgan fingerprint density at radius 1 is 0.857 bits per heavy atom. The molecule has 0 aromatic heterocycles. The van der Waals surface area contributed by atoms with Crippen molar-refractivity contribution < 1.29 is 19.1 Å². The first-order valence-electron chi connectivity index (χ1n) is 8.62. The molecule has 8 heteroatoms. The number of methoxy groups -OCH3 is 1. The Hall–Kier alpha value is -3.06. The predicted octanol–water partition coefficient (Wildman–Crippen LogP) is 2.56. The maximum atomic E-state index is 12.5. The molecule has 148 valence electrons. The quantitative estimate of drug-likeness (QED) is 0.646. The summed E-state index contributed by atoms with van der Waals surface area (Å²) in [6.07, 6.45) is 0. The number of hydrogen-bond acceptors (Lipinski definition) is 4. The van der Waals surface area contributed by atoms with Gasteiger partial charge in [0.15, 0.2) is 0 Å². The van der Waals surface area contributed by atoms with Crippen LogP contribution in [-0.4, -0.2) is 30.9 Å². The molecule has 0 radical (unpaired) electrons. The van der Waals surface area contributed by atoms with E-state index in [0.29, 0.717) is 21.9 Å². The van der Waals surface area contributed by atoms with Gasteiger partial charge in [-0.3, -0.25) is 25.2 Å². The highest BCUT2D eigenvalue weighted by molar-refractivity contribution is 6.30. The molecule has 2 rings (SSSR count).